The number of anilines is 3. The zero-order chi connectivity index (χ0) is 50.2. The largest absolute Gasteiger partial charge is 0.359 e. The molecule has 6 aromatic carbocycles. The highest BCUT2D eigenvalue weighted by molar-refractivity contribution is 6.70. The van der Waals surface area contributed by atoms with E-state index < -0.39 is 0 Å². The van der Waals surface area contributed by atoms with Crippen LogP contribution in [0, 0.1) is 5.92 Å². The van der Waals surface area contributed by atoms with E-state index in [1.54, 1.807) is 0 Å². The molecule has 0 fully saturated rings. The topological polar surface area (TPSA) is 6.48 Å². The van der Waals surface area contributed by atoms with Crippen molar-refractivity contribution in [3.8, 4) is 11.1 Å². The molecule has 72 heavy (non-hydrogen) atoms. The molecule has 0 aromatic heterocycles. The van der Waals surface area contributed by atoms with E-state index in [1.165, 1.54) is 33.4 Å². The molecule has 0 N–H and O–H groups in total. The van der Waals surface area contributed by atoms with Crippen molar-refractivity contribution in [1.82, 2.24) is 0 Å². The van der Waals surface area contributed by atoms with Crippen LogP contribution in [0.1, 0.15) is 48.3 Å². The minimum absolute atomic E-state index is 0.0519. The number of nitrogens with zero attached hydrogens (tertiary/aromatic N) is 2. The normalized spacial score (nSPS) is 19.3. The van der Waals surface area contributed by atoms with E-state index in [0.717, 1.165) is 48.2 Å². The summed E-state index contributed by atoms with van der Waals surface area (Å²) in [6, 6.07) is 37.6. The molecule has 0 spiro atoms. The molecule has 2 nitrogen and oxygen atoms in total. The van der Waals surface area contributed by atoms with E-state index >= 15 is 0 Å². The molecule has 0 heterocycles. The summed E-state index contributed by atoms with van der Waals surface area (Å²) in [5, 5.41) is 0. The van der Waals surface area contributed by atoms with E-state index in [4.69, 9.17) is 78.5 Å². The minimum Gasteiger partial charge on any atom is -0.359 e. The van der Waals surface area contributed by atoms with Gasteiger partial charge in [-0.3, -0.25) is 0 Å². The summed E-state index contributed by atoms with van der Waals surface area (Å²) in [7, 11) is 65.0. The van der Waals surface area contributed by atoms with Gasteiger partial charge in [-0.05, 0) is 88.4 Å². The standard InChI is InChI=1S/C60H42B10N2/c61-49-51(63)55(67)59(56(68)52(49)64)71(45-27-19-41(20-28-45)35-7-3-1-4-8-35)47-31-23-43(24-32-47)39-15-11-37(12-16-39)38-13-17-40(18-14-38)44-25-33-48(34-26-44)72(60-57(69)53(65)50(62)54(66)58(60)70)46-29-21-42(22-30-46)36-9-5-2-6-10-36/h1-17,19-23,25-29,31-33,40,43,46,48H,18,24,30,34H2. The summed E-state index contributed by atoms with van der Waals surface area (Å²) in [5.74, 6) is 0.399. The fourth-order valence-electron chi connectivity index (χ4n) is 10.4. The van der Waals surface area contributed by atoms with Crippen molar-refractivity contribution in [1.29, 1.82) is 0 Å². The molecule has 322 valence electrons. The molecule has 4 aliphatic carbocycles. The smallest absolute Gasteiger partial charge is 0.115 e. The molecule has 0 saturated heterocycles. The highest BCUT2D eigenvalue weighted by Gasteiger charge is 2.30. The highest BCUT2D eigenvalue weighted by Crippen LogP contribution is 2.37. The SMILES string of the molecule is [B]c1c([B])c([B])c(N(C2=CCC(c3ccc(C4=CCC(C5=CCC(N(c6c([B])c([B])c([B])c([B])c6[B])C6C=CC(c7ccccc7)=CC6)C=C5)C=C4)cc3)C=C2)c2ccc(-c3ccccc3)cc2)c([B])c1[B]. The van der Waals surface area contributed by atoms with Crippen LogP contribution in [0.25, 0.3) is 22.3 Å². The van der Waals surface area contributed by atoms with Crippen LogP contribution in [-0.2, 0) is 0 Å². The fourth-order valence-corrected chi connectivity index (χ4v) is 10.4. The van der Waals surface area contributed by atoms with E-state index in [-0.39, 0.29) is 67.6 Å². The minimum atomic E-state index is -0.0584. The summed E-state index contributed by atoms with van der Waals surface area (Å²) in [5.41, 5.74) is 14.7. The Morgan fingerprint density at radius 3 is 1.29 bits per heavy atom. The molecule has 0 saturated carbocycles. The Labute approximate surface area is 439 Å². The number of benzene rings is 6. The summed E-state index contributed by atoms with van der Waals surface area (Å²) in [6.45, 7) is 0. The monoisotopic (exact) mass is 900 g/mol. The second-order valence-electron chi connectivity index (χ2n) is 18.9. The maximum absolute atomic E-state index is 6.72. The van der Waals surface area contributed by atoms with Crippen molar-refractivity contribution in [3.63, 3.8) is 0 Å². The van der Waals surface area contributed by atoms with E-state index in [1.807, 2.05) is 41.3 Å². The molecule has 6 aromatic rings. The first-order chi connectivity index (χ1) is 34.9. The Kier molecular flexibility index (Phi) is 14.3. The third kappa shape index (κ3) is 9.51. The predicted octanol–water partition coefficient (Wildman–Crippen LogP) is 3.19. The third-order valence-electron chi connectivity index (χ3n) is 14.6. The Morgan fingerprint density at radius 1 is 0.347 bits per heavy atom. The fraction of sp³-hybridized carbons (Fsp3) is 0.133. The second-order valence-corrected chi connectivity index (χ2v) is 18.9. The van der Waals surface area contributed by atoms with Crippen molar-refractivity contribution < 1.29 is 0 Å². The number of allylic oxidation sites excluding steroid dienone is 11. The molecule has 20 radical (unpaired) electrons. The molecular weight excluding hydrogens is 857 g/mol. The van der Waals surface area contributed by atoms with Gasteiger partial charge >= 0.3 is 0 Å². The van der Waals surface area contributed by atoms with Gasteiger partial charge in [0.15, 0.2) is 0 Å². The van der Waals surface area contributed by atoms with E-state index in [0.29, 0.717) is 22.3 Å². The molecule has 4 unspecified atom stereocenters. The average molecular weight is 899 g/mol. The van der Waals surface area contributed by atoms with Crippen LogP contribution in [0.3, 0.4) is 0 Å². The van der Waals surface area contributed by atoms with Gasteiger partial charge in [-0.15, -0.1) is 32.8 Å². The number of rotatable bonds is 11. The molecule has 0 amide bonds. The van der Waals surface area contributed by atoms with E-state index in [2.05, 4.69) is 151 Å². The third-order valence-corrected chi connectivity index (χ3v) is 14.6. The Morgan fingerprint density at radius 2 is 0.792 bits per heavy atom. The maximum Gasteiger partial charge on any atom is 0.115 e. The maximum atomic E-state index is 6.72. The van der Waals surface area contributed by atoms with Gasteiger partial charge in [-0.25, -0.2) is 0 Å². The first kappa shape index (κ1) is 49.1. The van der Waals surface area contributed by atoms with Gasteiger partial charge in [-0.1, -0.05) is 186 Å². The van der Waals surface area contributed by atoms with Gasteiger partial charge < -0.3 is 9.80 Å². The van der Waals surface area contributed by atoms with Crippen molar-refractivity contribution in [2.45, 2.75) is 43.7 Å². The number of hydrogen-bond acceptors (Lipinski definition) is 2. The van der Waals surface area contributed by atoms with Gasteiger partial charge in [-0.2, -0.15) is 0 Å². The Balaban J connectivity index is 0.825. The summed E-state index contributed by atoms with van der Waals surface area (Å²) in [6.07, 6.45) is 30.0. The molecule has 10 rings (SSSR count). The Hall–Kier alpha value is -6.51. The lowest BCUT2D eigenvalue weighted by atomic mass is 9.61. The van der Waals surface area contributed by atoms with E-state index in [9.17, 15) is 0 Å². The lowest BCUT2D eigenvalue weighted by molar-refractivity contribution is 0.613. The van der Waals surface area contributed by atoms with Crippen LogP contribution in [-0.4, -0.2) is 90.5 Å². The van der Waals surface area contributed by atoms with Crippen LogP contribution in [0.15, 0.2) is 193 Å². The zero-order valence-electron chi connectivity index (χ0n) is 40.1. The predicted molar refractivity (Wildman–Crippen MR) is 317 cm³/mol. The van der Waals surface area contributed by atoms with Crippen LogP contribution in [0.2, 0.25) is 0 Å². The summed E-state index contributed by atoms with van der Waals surface area (Å²) < 4.78 is 0. The number of hydrogen-bond donors (Lipinski definition) is 0. The molecule has 0 bridgehead atoms. The van der Waals surface area contributed by atoms with Crippen LogP contribution < -0.4 is 64.4 Å². The van der Waals surface area contributed by atoms with Crippen LogP contribution in [0.4, 0.5) is 17.1 Å². The first-order valence-corrected chi connectivity index (χ1v) is 24.3. The van der Waals surface area contributed by atoms with Gasteiger partial charge in [0.25, 0.3) is 0 Å². The van der Waals surface area contributed by atoms with Crippen molar-refractivity contribution in [2.75, 3.05) is 9.80 Å². The molecule has 4 aliphatic rings. The molecule has 0 aliphatic heterocycles. The molecule has 12 heteroatoms. The van der Waals surface area contributed by atoms with Crippen LogP contribution >= 0.6 is 0 Å². The zero-order valence-corrected chi connectivity index (χ0v) is 40.1. The van der Waals surface area contributed by atoms with Crippen molar-refractivity contribution >= 4 is 161 Å². The second kappa shape index (κ2) is 20.9. The lowest BCUT2D eigenvalue weighted by Crippen LogP contribution is -2.59. The molecule has 4 atom stereocenters. The highest BCUT2D eigenvalue weighted by atomic mass is 15.2. The Bertz CT molecular complexity index is 3260. The summed E-state index contributed by atoms with van der Waals surface area (Å²) in [4.78, 5) is 4.27. The lowest BCUT2D eigenvalue weighted by Gasteiger charge is -2.42. The van der Waals surface area contributed by atoms with Gasteiger partial charge in [0.05, 0.1) is 12.1 Å². The quantitative estimate of drug-likeness (QED) is 0.185. The van der Waals surface area contributed by atoms with Crippen molar-refractivity contribution in [3.05, 3.63) is 210 Å². The first-order valence-electron chi connectivity index (χ1n) is 24.3. The van der Waals surface area contributed by atoms with Crippen molar-refractivity contribution in [2.24, 2.45) is 5.92 Å². The summed E-state index contributed by atoms with van der Waals surface area (Å²) >= 11 is 0. The van der Waals surface area contributed by atoms with Gasteiger partial charge in [0, 0.05) is 34.6 Å². The van der Waals surface area contributed by atoms with Crippen LogP contribution in [0.5, 0.6) is 0 Å². The average Bonchev–Trinajstić information content (AvgIpc) is 3.44. The van der Waals surface area contributed by atoms with Gasteiger partial charge in [0.2, 0.25) is 0 Å². The molecular formula is C60H42B10N2. The van der Waals surface area contributed by atoms with Gasteiger partial charge in [0.1, 0.15) is 78.5 Å².